The van der Waals surface area contributed by atoms with Crippen LogP contribution in [0.1, 0.15) is 0 Å². The molecular weight excluding hydrogens is 432 g/mol. The number of rotatable bonds is 2. The molecule has 2 aromatic carbocycles. The summed E-state index contributed by atoms with van der Waals surface area (Å²) in [6.07, 6.45) is 0. The Kier molecular flexibility index (Phi) is 4.24. The minimum Gasteiger partial charge on any atom is -0.258 e. The number of hydrogen-bond acceptors (Lipinski definition) is 2. The summed E-state index contributed by atoms with van der Waals surface area (Å²) in [5.74, 6) is 0. The molecule has 0 heterocycles. The summed E-state index contributed by atoms with van der Waals surface area (Å²) in [4.78, 5) is 10.3. The maximum absolute atomic E-state index is 10.8. The number of nitro groups is 1. The van der Waals surface area contributed by atoms with Crippen LogP contribution in [0.4, 0.5) is 5.69 Å². The van der Waals surface area contributed by atoms with Crippen molar-refractivity contribution in [2.45, 2.75) is 0 Å². The van der Waals surface area contributed by atoms with Crippen LogP contribution in [0.2, 0.25) is 5.02 Å². The van der Waals surface area contributed by atoms with Gasteiger partial charge in [-0.1, -0.05) is 11.6 Å². The van der Waals surface area contributed by atoms with Gasteiger partial charge in [0, 0.05) is 42.4 Å². The van der Waals surface area contributed by atoms with E-state index >= 15 is 0 Å². The van der Waals surface area contributed by atoms with Crippen LogP contribution in [0, 0.1) is 19.8 Å². The van der Waals surface area contributed by atoms with Gasteiger partial charge in [0.2, 0.25) is 0 Å². The molecule has 2 aromatic rings. The van der Waals surface area contributed by atoms with Crippen LogP contribution >= 0.6 is 50.1 Å². The minimum atomic E-state index is -0.450. The number of hydrogen-bond donors (Lipinski definition) is 0. The van der Waals surface area contributed by atoms with Gasteiger partial charge in [0.05, 0.1) is 4.92 Å². The molecular formula is C12H5BrClINO2. The molecule has 0 saturated carbocycles. The molecule has 0 aliphatic heterocycles. The second-order valence-electron chi connectivity index (χ2n) is 3.47. The summed E-state index contributed by atoms with van der Waals surface area (Å²) < 4.78 is 1.66. The molecule has 0 unspecified atom stereocenters. The summed E-state index contributed by atoms with van der Waals surface area (Å²) in [7, 11) is 0. The van der Waals surface area contributed by atoms with E-state index in [0.717, 1.165) is 9.13 Å². The lowest BCUT2D eigenvalue weighted by molar-refractivity contribution is -0.384. The highest BCUT2D eigenvalue weighted by Crippen LogP contribution is 2.36. The number of non-ortho nitro benzene ring substituents is 1. The van der Waals surface area contributed by atoms with Gasteiger partial charge in [0.1, 0.15) is 0 Å². The lowest BCUT2D eigenvalue weighted by Crippen LogP contribution is -1.90. The Morgan fingerprint density at radius 1 is 1.33 bits per heavy atom. The molecule has 18 heavy (non-hydrogen) atoms. The van der Waals surface area contributed by atoms with Crippen molar-refractivity contribution >= 4 is 55.8 Å². The third-order valence-electron chi connectivity index (χ3n) is 2.30. The Bertz CT molecular complexity index is 633. The summed E-state index contributed by atoms with van der Waals surface area (Å²) >= 11 is 11.6. The first-order valence-corrected chi connectivity index (χ1v) is 7.05. The van der Waals surface area contributed by atoms with E-state index in [-0.39, 0.29) is 5.69 Å². The largest absolute Gasteiger partial charge is 0.270 e. The molecule has 3 nitrogen and oxygen atoms in total. The maximum Gasteiger partial charge on any atom is 0.270 e. The number of nitrogens with zero attached hydrogens (tertiary/aromatic N) is 1. The number of halogens is 3. The molecule has 91 valence electrons. The summed E-state index contributed by atoms with van der Waals surface area (Å²) in [6, 6.07) is 11.1. The standard InChI is InChI=1S/C12H5BrClINO2/c13-11-3-2-8(16(17)18)6-9(11)10-5-7(15)1-4-12(10)14/h1-2,4-6H. The molecule has 0 amide bonds. The van der Waals surface area contributed by atoms with E-state index in [9.17, 15) is 10.1 Å². The van der Waals surface area contributed by atoms with Gasteiger partial charge >= 0.3 is 0 Å². The van der Waals surface area contributed by atoms with Crippen LogP contribution in [0.15, 0.2) is 34.8 Å². The van der Waals surface area contributed by atoms with Crippen molar-refractivity contribution in [1.29, 1.82) is 0 Å². The molecule has 0 aliphatic carbocycles. The van der Waals surface area contributed by atoms with Crippen molar-refractivity contribution in [1.82, 2.24) is 0 Å². The van der Waals surface area contributed by atoms with Gasteiger partial charge in [-0.25, -0.2) is 0 Å². The Morgan fingerprint density at radius 3 is 2.72 bits per heavy atom. The SMILES string of the molecule is O=[N+]([O-])c1c[c]c(Br)c(-c2cc(I)ccc2Cl)c1. The van der Waals surface area contributed by atoms with Gasteiger partial charge < -0.3 is 0 Å². The van der Waals surface area contributed by atoms with Crippen molar-refractivity contribution in [3.8, 4) is 11.1 Å². The van der Waals surface area contributed by atoms with Crippen LogP contribution in [-0.2, 0) is 0 Å². The second kappa shape index (κ2) is 5.54. The van der Waals surface area contributed by atoms with Crippen LogP contribution < -0.4 is 0 Å². The summed E-state index contributed by atoms with van der Waals surface area (Å²) in [5.41, 5.74) is 1.39. The fraction of sp³-hybridized carbons (Fsp3) is 0. The Balaban J connectivity index is 2.66. The van der Waals surface area contributed by atoms with Gasteiger partial charge in [-0.15, -0.1) is 0 Å². The van der Waals surface area contributed by atoms with Crippen molar-refractivity contribution in [3.05, 3.63) is 59.6 Å². The molecule has 0 aliphatic rings. The van der Waals surface area contributed by atoms with E-state index in [2.05, 4.69) is 44.6 Å². The van der Waals surface area contributed by atoms with Crippen molar-refractivity contribution in [2.24, 2.45) is 0 Å². The van der Waals surface area contributed by atoms with Crippen LogP contribution in [0.5, 0.6) is 0 Å². The van der Waals surface area contributed by atoms with E-state index in [1.807, 2.05) is 12.1 Å². The number of nitro benzene ring substituents is 1. The molecule has 1 radical (unpaired) electrons. The van der Waals surface area contributed by atoms with Crippen molar-refractivity contribution < 1.29 is 4.92 Å². The summed E-state index contributed by atoms with van der Waals surface area (Å²) in [6.45, 7) is 0. The average molecular weight is 437 g/mol. The number of benzene rings is 2. The lowest BCUT2D eigenvalue weighted by Gasteiger charge is -2.07. The molecule has 0 N–H and O–H groups in total. The molecule has 0 saturated heterocycles. The summed E-state index contributed by atoms with van der Waals surface area (Å²) in [5, 5.41) is 11.3. The van der Waals surface area contributed by atoms with Gasteiger partial charge in [0.25, 0.3) is 5.69 Å². The zero-order valence-electron chi connectivity index (χ0n) is 8.78. The molecule has 0 spiro atoms. The molecule has 0 atom stereocenters. The Labute approximate surface area is 131 Å². The topological polar surface area (TPSA) is 43.1 Å². The lowest BCUT2D eigenvalue weighted by atomic mass is 10.1. The van der Waals surface area contributed by atoms with Crippen molar-refractivity contribution in [3.63, 3.8) is 0 Å². The molecule has 6 heteroatoms. The van der Waals surface area contributed by atoms with Gasteiger partial charge in [-0.05, 0) is 56.7 Å². The van der Waals surface area contributed by atoms with Crippen LogP contribution in [0.25, 0.3) is 11.1 Å². The molecule has 0 aromatic heterocycles. The third-order valence-corrected chi connectivity index (χ3v) is 3.96. The average Bonchev–Trinajstić information content (AvgIpc) is 2.33. The quantitative estimate of drug-likeness (QED) is 0.374. The highest BCUT2D eigenvalue weighted by molar-refractivity contribution is 14.1. The van der Waals surface area contributed by atoms with E-state index in [4.69, 9.17) is 11.6 Å². The third kappa shape index (κ3) is 2.84. The van der Waals surface area contributed by atoms with Gasteiger partial charge in [0.15, 0.2) is 0 Å². The zero-order valence-corrected chi connectivity index (χ0v) is 13.3. The van der Waals surface area contributed by atoms with Crippen LogP contribution in [0.3, 0.4) is 0 Å². The zero-order chi connectivity index (χ0) is 13.3. The van der Waals surface area contributed by atoms with Crippen LogP contribution in [-0.4, -0.2) is 4.92 Å². The van der Waals surface area contributed by atoms with E-state index in [1.165, 1.54) is 12.1 Å². The predicted octanol–water partition coefficient (Wildman–Crippen LogP) is 5.08. The fourth-order valence-electron chi connectivity index (χ4n) is 1.47. The van der Waals surface area contributed by atoms with E-state index < -0.39 is 4.92 Å². The predicted molar refractivity (Wildman–Crippen MR) is 82.8 cm³/mol. The van der Waals surface area contributed by atoms with E-state index in [0.29, 0.717) is 15.1 Å². The Hall–Kier alpha value is -0.660. The maximum atomic E-state index is 10.8. The molecule has 0 fully saturated rings. The van der Waals surface area contributed by atoms with E-state index in [1.54, 1.807) is 6.07 Å². The first-order chi connectivity index (χ1) is 8.49. The monoisotopic (exact) mass is 436 g/mol. The minimum absolute atomic E-state index is 0.0110. The molecule has 0 bridgehead atoms. The highest BCUT2D eigenvalue weighted by Gasteiger charge is 2.13. The smallest absolute Gasteiger partial charge is 0.258 e. The first-order valence-electron chi connectivity index (χ1n) is 4.80. The fourth-order valence-corrected chi connectivity index (χ4v) is 2.63. The molecule has 2 rings (SSSR count). The first kappa shape index (κ1) is 13.8. The van der Waals surface area contributed by atoms with Gasteiger partial charge in [-0.2, -0.15) is 0 Å². The highest BCUT2D eigenvalue weighted by atomic mass is 127. The van der Waals surface area contributed by atoms with Crippen molar-refractivity contribution in [2.75, 3.05) is 0 Å². The second-order valence-corrected chi connectivity index (χ2v) is 5.91. The normalized spacial score (nSPS) is 10.4. The van der Waals surface area contributed by atoms with Gasteiger partial charge in [-0.3, -0.25) is 10.1 Å². The Morgan fingerprint density at radius 2 is 2.06 bits per heavy atom.